The fourth-order valence-corrected chi connectivity index (χ4v) is 3.53. The highest BCUT2D eigenvalue weighted by molar-refractivity contribution is 5.31. The predicted octanol–water partition coefficient (Wildman–Crippen LogP) is 3.56. The summed E-state index contributed by atoms with van der Waals surface area (Å²) in [7, 11) is 1.48. The van der Waals surface area contributed by atoms with Gasteiger partial charge < -0.3 is 4.74 Å². The Labute approximate surface area is 120 Å². The lowest BCUT2D eigenvalue weighted by atomic mass is 9.72. The zero-order chi connectivity index (χ0) is 14.5. The molecule has 1 aliphatic rings. The number of methoxy groups -OCH3 is 1. The number of hydrazine groups is 1. The van der Waals surface area contributed by atoms with Crippen molar-refractivity contribution in [3.05, 3.63) is 29.6 Å². The first-order valence-electron chi connectivity index (χ1n) is 7.50. The van der Waals surface area contributed by atoms with Crippen LogP contribution in [0.4, 0.5) is 4.39 Å². The molecule has 0 spiro atoms. The monoisotopic (exact) mass is 280 g/mol. The smallest absolute Gasteiger partial charge is 0.165 e. The lowest BCUT2D eigenvalue weighted by Crippen LogP contribution is -2.38. The second kappa shape index (κ2) is 7.04. The van der Waals surface area contributed by atoms with Gasteiger partial charge in [-0.2, -0.15) is 0 Å². The first kappa shape index (κ1) is 15.3. The highest BCUT2D eigenvalue weighted by Crippen LogP contribution is 2.40. The third kappa shape index (κ3) is 3.13. The number of nitrogens with two attached hydrogens (primary N) is 1. The van der Waals surface area contributed by atoms with Crippen molar-refractivity contribution >= 4 is 0 Å². The molecule has 3 nitrogen and oxygen atoms in total. The van der Waals surface area contributed by atoms with Crippen molar-refractivity contribution in [2.45, 2.75) is 45.1 Å². The second-order valence-corrected chi connectivity index (χ2v) is 5.65. The van der Waals surface area contributed by atoms with E-state index in [4.69, 9.17) is 10.6 Å². The number of benzene rings is 1. The fraction of sp³-hybridized carbons (Fsp3) is 0.625. The van der Waals surface area contributed by atoms with Crippen LogP contribution < -0.4 is 16.0 Å². The van der Waals surface area contributed by atoms with Crippen molar-refractivity contribution in [3.8, 4) is 5.75 Å². The molecule has 1 aliphatic carbocycles. The molecule has 4 heteroatoms. The summed E-state index contributed by atoms with van der Waals surface area (Å²) in [5, 5.41) is 0. The molecule has 0 heterocycles. The summed E-state index contributed by atoms with van der Waals surface area (Å²) >= 11 is 0. The summed E-state index contributed by atoms with van der Waals surface area (Å²) in [5.74, 6) is 6.86. The Kier molecular flexibility index (Phi) is 5.38. The number of rotatable bonds is 5. The molecule has 1 aromatic rings. The molecule has 0 saturated heterocycles. The first-order chi connectivity index (χ1) is 9.71. The molecular weight excluding hydrogens is 255 g/mol. The van der Waals surface area contributed by atoms with Crippen LogP contribution in [-0.4, -0.2) is 7.11 Å². The van der Waals surface area contributed by atoms with Gasteiger partial charge in [0, 0.05) is 6.04 Å². The Morgan fingerprint density at radius 2 is 2.15 bits per heavy atom. The van der Waals surface area contributed by atoms with Crippen molar-refractivity contribution < 1.29 is 9.13 Å². The van der Waals surface area contributed by atoms with Crippen LogP contribution in [-0.2, 0) is 0 Å². The molecule has 1 aromatic carbocycles. The zero-order valence-electron chi connectivity index (χ0n) is 12.4. The van der Waals surface area contributed by atoms with Crippen LogP contribution in [0.5, 0.6) is 5.75 Å². The van der Waals surface area contributed by atoms with E-state index >= 15 is 0 Å². The van der Waals surface area contributed by atoms with Crippen molar-refractivity contribution in [2.24, 2.45) is 17.7 Å². The van der Waals surface area contributed by atoms with Gasteiger partial charge in [0.1, 0.15) is 0 Å². The topological polar surface area (TPSA) is 47.3 Å². The van der Waals surface area contributed by atoms with Gasteiger partial charge in [-0.05, 0) is 36.0 Å². The Morgan fingerprint density at radius 3 is 2.75 bits per heavy atom. The number of hydrogen-bond acceptors (Lipinski definition) is 3. The summed E-state index contributed by atoms with van der Waals surface area (Å²) in [6, 6.07) is 5.15. The van der Waals surface area contributed by atoms with Crippen molar-refractivity contribution in [1.82, 2.24) is 5.43 Å². The maximum absolute atomic E-state index is 13.9. The van der Waals surface area contributed by atoms with Crippen LogP contribution in [0.15, 0.2) is 18.2 Å². The Balaban J connectivity index is 2.24. The van der Waals surface area contributed by atoms with E-state index in [0.29, 0.717) is 11.8 Å². The lowest BCUT2D eigenvalue weighted by Gasteiger charge is -2.36. The van der Waals surface area contributed by atoms with Gasteiger partial charge in [0.15, 0.2) is 11.6 Å². The van der Waals surface area contributed by atoms with Gasteiger partial charge in [-0.1, -0.05) is 38.7 Å². The van der Waals surface area contributed by atoms with Gasteiger partial charge in [-0.15, -0.1) is 0 Å². The van der Waals surface area contributed by atoms with E-state index in [0.717, 1.165) is 18.4 Å². The van der Waals surface area contributed by atoms with Crippen LogP contribution >= 0.6 is 0 Å². The van der Waals surface area contributed by atoms with Gasteiger partial charge in [0.2, 0.25) is 0 Å². The van der Waals surface area contributed by atoms with Gasteiger partial charge in [0.05, 0.1) is 7.11 Å². The van der Waals surface area contributed by atoms with Gasteiger partial charge in [-0.25, -0.2) is 4.39 Å². The lowest BCUT2D eigenvalue weighted by molar-refractivity contribution is 0.175. The maximum Gasteiger partial charge on any atom is 0.165 e. The van der Waals surface area contributed by atoms with Gasteiger partial charge in [-0.3, -0.25) is 11.3 Å². The van der Waals surface area contributed by atoms with E-state index in [1.807, 2.05) is 6.07 Å². The molecule has 20 heavy (non-hydrogen) atoms. The molecule has 1 saturated carbocycles. The van der Waals surface area contributed by atoms with Crippen LogP contribution in [0, 0.1) is 17.7 Å². The highest BCUT2D eigenvalue weighted by atomic mass is 19.1. The molecule has 112 valence electrons. The molecule has 0 amide bonds. The summed E-state index contributed by atoms with van der Waals surface area (Å²) in [4.78, 5) is 0. The summed E-state index contributed by atoms with van der Waals surface area (Å²) in [5.41, 5.74) is 3.82. The minimum atomic E-state index is -0.325. The Bertz CT molecular complexity index is 438. The van der Waals surface area contributed by atoms with E-state index in [9.17, 15) is 4.39 Å². The average molecular weight is 280 g/mol. The normalized spacial score (nSPS) is 24.4. The van der Waals surface area contributed by atoms with Crippen molar-refractivity contribution in [2.75, 3.05) is 7.11 Å². The van der Waals surface area contributed by atoms with E-state index in [1.165, 1.54) is 26.4 Å². The molecule has 0 aromatic heterocycles. The standard InChI is InChI=1S/C16H25FN2O/c1-3-11-6-4-5-7-13(11)16(19-18)12-8-9-15(20-2)14(17)10-12/h8-11,13,16,19H,3-7,18H2,1-2H3. The molecule has 2 rings (SSSR count). The van der Waals surface area contributed by atoms with E-state index in [2.05, 4.69) is 12.3 Å². The molecule has 3 atom stereocenters. The highest BCUT2D eigenvalue weighted by Gasteiger charge is 2.31. The minimum Gasteiger partial charge on any atom is -0.494 e. The molecule has 3 N–H and O–H groups in total. The Hall–Kier alpha value is -1.13. The van der Waals surface area contributed by atoms with Gasteiger partial charge in [0.25, 0.3) is 0 Å². The number of nitrogens with one attached hydrogen (secondary N) is 1. The molecule has 3 unspecified atom stereocenters. The zero-order valence-corrected chi connectivity index (χ0v) is 12.4. The van der Waals surface area contributed by atoms with Crippen LogP contribution in [0.3, 0.4) is 0 Å². The fourth-order valence-electron chi connectivity index (χ4n) is 3.53. The van der Waals surface area contributed by atoms with Crippen LogP contribution in [0.25, 0.3) is 0 Å². The SMILES string of the molecule is CCC1CCCCC1C(NN)c1ccc(OC)c(F)c1. The first-order valence-corrected chi connectivity index (χ1v) is 7.50. The largest absolute Gasteiger partial charge is 0.494 e. The van der Waals surface area contributed by atoms with Gasteiger partial charge >= 0.3 is 0 Å². The third-order valence-electron chi connectivity index (χ3n) is 4.63. The number of hydrogen-bond donors (Lipinski definition) is 2. The molecular formula is C16H25FN2O. The summed E-state index contributed by atoms with van der Waals surface area (Å²) < 4.78 is 18.9. The van der Waals surface area contributed by atoms with Crippen LogP contribution in [0.1, 0.15) is 50.6 Å². The molecule has 0 radical (unpaired) electrons. The predicted molar refractivity (Wildman–Crippen MR) is 78.8 cm³/mol. The number of halogens is 1. The minimum absolute atomic E-state index is 0.0145. The third-order valence-corrected chi connectivity index (χ3v) is 4.63. The Morgan fingerprint density at radius 1 is 1.40 bits per heavy atom. The molecule has 1 fully saturated rings. The molecule has 0 aliphatic heterocycles. The summed E-state index contributed by atoms with van der Waals surface area (Å²) in [6.45, 7) is 2.23. The van der Waals surface area contributed by atoms with E-state index in [1.54, 1.807) is 12.1 Å². The number of ether oxygens (including phenoxy) is 1. The second-order valence-electron chi connectivity index (χ2n) is 5.65. The van der Waals surface area contributed by atoms with E-state index in [-0.39, 0.29) is 17.6 Å². The van der Waals surface area contributed by atoms with Crippen molar-refractivity contribution in [3.63, 3.8) is 0 Å². The molecule has 0 bridgehead atoms. The van der Waals surface area contributed by atoms with Crippen LogP contribution in [0.2, 0.25) is 0 Å². The van der Waals surface area contributed by atoms with Crippen molar-refractivity contribution in [1.29, 1.82) is 0 Å². The maximum atomic E-state index is 13.9. The van der Waals surface area contributed by atoms with E-state index < -0.39 is 0 Å². The quantitative estimate of drug-likeness (QED) is 0.640. The summed E-state index contributed by atoms with van der Waals surface area (Å²) in [6.07, 6.45) is 6.09. The average Bonchev–Trinajstić information content (AvgIpc) is 2.49.